The van der Waals surface area contributed by atoms with Gasteiger partial charge < -0.3 is 39.8 Å². The molecule has 0 saturated carbocycles. The zero-order chi connectivity index (χ0) is 21.8. The van der Waals surface area contributed by atoms with Crippen molar-refractivity contribution in [3.05, 3.63) is 29.8 Å². The first-order chi connectivity index (χ1) is 13.9. The Hall–Kier alpha value is -1.74. The SMILES string of the molecule is CCN(CC)/C([S-])=N/N=C(C)/C(=N/N=C(\[S-])N(CC)CC)c1ccc(OC)cc1.[Cu+2]. The first-order valence-corrected chi connectivity index (χ1v) is 10.5. The maximum Gasteiger partial charge on any atom is 2.00 e. The summed E-state index contributed by atoms with van der Waals surface area (Å²) in [7, 11) is 1.63. The summed E-state index contributed by atoms with van der Waals surface area (Å²) in [4.78, 5) is 3.91. The van der Waals surface area contributed by atoms with Crippen molar-refractivity contribution in [2.45, 2.75) is 34.6 Å². The molecule has 0 saturated heterocycles. The molecular formula is C20H30CuN6OS2. The second-order valence-electron chi connectivity index (χ2n) is 5.97. The molecule has 1 aromatic rings. The van der Waals surface area contributed by atoms with Crippen LogP contribution in [0.5, 0.6) is 5.75 Å². The maximum atomic E-state index is 5.38. The topological polar surface area (TPSA) is 65.2 Å². The van der Waals surface area contributed by atoms with Gasteiger partial charge in [0.1, 0.15) is 11.5 Å². The Morgan fingerprint density at radius 2 is 1.23 bits per heavy atom. The second kappa shape index (κ2) is 15.1. The summed E-state index contributed by atoms with van der Waals surface area (Å²) in [6.45, 7) is 13.0. The summed E-state index contributed by atoms with van der Waals surface area (Å²) in [6.07, 6.45) is 0. The summed E-state index contributed by atoms with van der Waals surface area (Å²) in [5.41, 5.74) is 2.01. The molecule has 10 heteroatoms. The van der Waals surface area contributed by atoms with E-state index in [-0.39, 0.29) is 17.1 Å². The van der Waals surface area contributed by atoms with E-state index < -0.39 is 0 Å². The van der Waals surface area contributed by atoms with Crippen LogP contribution in [0.4, 0.5) is 0 Å². The number of methoxy groups -OCH3 is 1. The predicted molar refractivity (Wildman–Crippen MR) is 128 cm³/mol. The van der Waals surface area contributed by atoms with Gasteiger partial charge in [0, 0.05) is 42.1 Å². The van der Waals surface area contributed by atoms with Crippen LogP contribution in [-0.4, -0.2) is 64.8 Å². The van der Waals surface area contributed by atoms with E-state index in [4.69, 9.17) is 30.0 Å². The summed E-state index contributed by atoms with van der Waals surface area (Å²) < 4.78 is 5.24. The molecule has 7 nitrogen and oxygen atoms in total. The van der Waals surface area contributed by atoms with E-state index in [1.807, 2.05) is 68.7 Å². The van der Waals surface area contributed by atoms with Crippen LogP contribution in [0, 0.1) is 0 Å². The van der Waals surface area contributed by atoms with Crippen molar-refractivity contribution in [3.8, 4) is 5.75 Å². The van der Waals surface area contributed by atoms with Gasteiger partial charge in [-0.2, -0.15) is 15.3 Å². The zero-order valence-electron chi connectivity index (χ0n) is 18.3. The minimum atomic E-state index is 0. The zero-order valence-corrected chi connectivity index (χ0v) is 20.9. The molecule has 0 bridgehead atoms. The van der Waals surface area contributed by atoms with Crippen molar-refractivity contribution in [3.63, 3.8) is 0 Å². The van der Waals surface area contributed by atoms with Crippen LogP contribution in [-0.2, 0) is 42.3 Å². The molecule has 0 aliphatic heterocycles. The number of ether oxygens (including phenoxy) is 1. The van der Waals surface area contributed by atoms with Crippen molar-refractivity contribution in [2.24, 2.45) is 20.4 Å². The second-order valence-corrected chi connectivity index (χ2v) is 6.70. The molecule has 30 heavy (non-hydrogen) atoms. The van der Waals surface area contributed by atoms with Crippen LogP contribution in [0.3, 0.4) is 0 Å². The van der Waals surface area contributed by atoms with Crippen LogP contribution in [0.25, 0.3) is 0 Å². The molecule has 0 aromatic heterocycles. The third-order valence-electron chi connectivity index (χ3n) is 4.30. The summed E-state index contributed by atoms with van der Waals surface area (Å²) in [6, 6.07) is 7.52. The molecule has 0 spiro atoms. The fourth-order valence-corrected chi connectivity index (χ4v) is 3.06. The van der Waals surface area contributed by atoms with Gasteiger partial charge in [-0.05, 0) is 58.9 Å². The fourth-order valence-electron chi connectivity index (χ4n) is 2.46. The minimum Gasteiger partial charge on any atom is -0.741 e. The number of rotatable bonds is 9. The average Bonchev–Trinajstić information content (AvgIpc) is 2.74. The van der Waals surface area contributed by atoms with E-state index in [2.05, 4.69) is 20.4 Å². The van der Waals surface area contributed by atoms with Crippen molar-refractivity contribution < 1.29 is 21.8 Å². The largest absolute Gasteiger partial charge is 2.00 e. The molecule has 1 rings (SSSR count). The quantitative estimate of drug-likeness (QED) is 0.172. The maximum absolute atomic E-state index is 5.38. The Morgan fingerprint density at radius 3 is 1.63 bits per heavy atom. The Kier molecular flexibility index (Phi) is 14.2. The van der Waals surface area contributed by atoms with Crippen LogP contribution in [0.2, 0.25) is 0 Å². The van der Waals surface area contributed by atoms with Crippen molar-refractivity contribution in [2.75, 3.05) is 33.3 Å². The van der Waals surface area contributed by atoms with Crippen molar-refractivity contribution in [1.29, 1.82) is 0 Å². The van der Waals surface area contributed by atoms with E-state index in [1.54, 1.807) is 7.11 Å². The number of nitrogens with zero attached hydrogens (tertiary/aromatic N) is 6. The molecule has 0 heterocycles. The molecule has 0 N–H and O–H groups in total. The Balaban J connectivity index is 0.00000841. The van der Waals surface area contributed by atoms with Crippen LogP contribution in [0.15, 0.2) is 44.7 Å². The van der Waals surface area contributed by atoms with E-state index in [0.29, 0.717) is 21.8 Å². The molecule has 0 aliphatic rings. The first kappa shape index (κ1) is 28.3. The minimum absolute atomic E-state index is 0. The first-order valence-electron chi connectivity index (χ1n) is 9.68. The van der Waals surface area contributed by atoms with E-state index in [9.17, 15) is 0 Å². The molecule has 0 fully saturated rings. The fraction of sp³-hybridized carbons (Fsp3) is 0.500. The van der Waals surface area contributed by atoms with Gasteiger partial charge in [0.05, 0.1) is 12.8 Å². The van der Waals surface area contributed by atoms with Crippen LogP contribution < -0.4 is 4.74 Å². The third kappa shape index (κ3) is 8.55. The molecule has 169 valence electrons. The Morgan fingerprint density at radius 1 is 0.800 bits per heavy atom. The normalized spacial score (nSPS) is 13.0. The molecular weight excluding hydrogens is 468 g/mol. The number of amidine groups is 2. The van der Waals surface area contributed by atoms with Crippen molar-refractivity contribution in [1.82, 2.24) is 9.80 Å². The van der Waals surface area contributed by atoms with E-state index in [0.717, 1.165) is 37.5 Å². The monoisotopic (exact) mass is 497 g/mol. The van der Waals surface area contributed by atoms with Gasteiger partial charge in [-0.15, -0.1) is 5.10 Å². The van der Waals surface area contributed by atoms with E-state index in [1.165, 1.54) is 0 Å². The summed E-state index contributed by atoms with van der Waals surface area (Å²) in [5, 5.41) is 18.0. The summed E-state index contributed by atoms with van der Waals surface area (Å²) >= 11 is 10.7. The van der Waals surface area contributed by atoms with Gasteiger partial charge >= 0.3 is 17.1 Å². The number of benzene rings is 1. The molecule has 1 radical (unpaired) electrons. The van der Waals surface area contributed by atoms with Crippen molar-refractivity contribution >= 4 is 47.0 Å². The Bertz CT molecular complexity index is 757. The molecule has 1 aromatic carbocycles. The Labute approximate surface area is 202 Å². The molecule has 0 unspecified atom stereocenters. The molecule has 0 atom stereocenters. The van der Waals surface area contributed by atoms with Crippen LogP contribution in [0.1, 0.15) is 40.2 Å². The summed E-state index contributed by atoms with van der Waals surface area (Å²) in [5.74, 6) is 0.755. The smallest absolute Gasteiger partial charge is 0.741 e. The average molecular weight is 498 g/mol. The predicted octanol–water partition coefficient (Wildman–Crippen LogP) is 3.26. The van der Waals surface area contributed by atoms with Gasteiger partial charge in [-0.25, -0.2) is 0 Å². The van der Waals surface area contributed by atoms with Crippen LogP contribution >= 0.6 is 0 Å². The molecule has 0 aliphatic carbocycles. The van der Waals surface area contributed by atoms with Gasteiger partial charge in [-0.3, -0.25) is 0 Å². The third-order valence-corrected chi connectivity index (χ3v) is 4.97. The molecule has 0 amide bonds. The van der Waals surface area contributed by atoms with Gasteiger partial charge in [0.2, 0.25) is 0 Å². The number of hydrogen-bond donors (Lipinski definition) is 0. The van der Waals surface area contributed by atoms with E-state index >= 15 is 0 Å². The van der Waals surface area contributed by atoms with Gasteiger partial charge in [0.15, 0.2) is 0 Å². The number of hydrogen-bond acceptors (Lipinski definition) is 7. The van der Waals surface area contributed by atoms with Gasteiger partial charge in [-0.1, -0.05) is 0 Å². The van der Waals surface area contributed by atoms with Gasteiger partial charge in [0.25, 0.3) is 0 Å². The standard InChI is InChI=1S/C20H32N6OS2.Cu/c1-7-25(8-2)19(28)23-21-15(5)18(16-11-13-17(27-6)14-12-16)22-24-20(29)26(9-3)10-4;/h11-14H,7-10H2,1-6H3,(H,23,28)(H,24,29);/q;+2/p-2/b21-15+,22-18-;.